The molecular weight excluding hydrogens is 522 g/mol. The molecule has 0 bridgehead atoms. The molecule has 1 heterocycles. The molecular formula is C23H21F4N3O4S2. The quantitative estimate of drug-likeness (QED) is 0.382. The van der Waals surface area contributed by atoms with Crippen LogP contribution in [0.4, 0.5) is 28.9 Å². The lowest BCUT2D eigenvalue weighted by Crippen LogP contribution is -2.44. The van der Waals surface area contributed by atoms with E-state index in [1.807, 2.05) is 0 Å². The van der Waals surface area contributed by atoms with Crippen LogP contribution in [0.5, 0.6) is 5.75 Å². The van der Waals surface area contributed by atoms with Crippen LogP contribution in [0.15, 0.2) is 36.4 Å². The van der Waals surface area contributed by atoms with Crippen LogP contribution >= 0.6 is 12.2 Å². The van der Waals surface area contributed by atoms with Gasteiger partial charge in [0, 0.05) is 18.0 Å². The molecule has 0 aliphatic carbocycles. The standard InChI is InChI=1S/C23H21F4N3O4S2/c1-5-19(36(4,32)33)34-18-9-8-15(11-17(18)24)30-21(35)29(20(31)22(30,2)3)14-7-6-13(12-28)16(10-14)23(25,26)27/h6-11,19H,5H2,1-4H3. The van der Waals surface area contributed by atoms with Crippen LogP contribution < -0.4 is 14.5 Å². The van der Waals surface area contributed by atoms with Crippen molar-refractivity contribution in [3.63, 3.8) is 0 Å². The van der Waals surface area contributed by atoms with E-state index in [1.54, 1.807) is 6.92 Å². The number of benzene rings is 2. The first kappa shape index (κ1) is 27.3. The fourth-order valence-corrected chi connectivity index (χ4v) is 5.20. The molecule has 0 radical (unpaired) electrons. The molecule has 1 unspecified atom stereocenters. The molecule has 1 aliphatic rings. The highest BCUT2D eigenvalue weighted by molar-refractivity contribution is 7.91. The minimum Gasteiger partial charge on any atom is -0.472 e. The van der Waals surface area contributed by atoms with Gasteiger partial charge in [0.15, 0.2) is 32.0 Å². The zero-order chi connectivity index (χ0) is 27.2. The number of rotatable bonds is 6. The second-order valence-electron chi connectivity index (χ2n) is 8.56. The largest absolute Gasteiger partial charge is 0.472 e. The van der Waals surface area contributed by atoms with Crippen molar-refractivity contribution in [2.24, 2.45) is 0 Å². The Labute approximate surface area is 210 Å². The maximum atomic E-state index is 14.9. The van der Waals surface area contributed by atoms with Crippen LogP contribution in [0.3, 0.4) is 0 Å². The SMILES string of the molecule is CCC(Oc1ccc(N2C(=S)N(c3ccc(C#N)c(C(F)(F)F)c3)C(=O)C2(C)C)cc1F)S(C)(=O)=O. The lowest BCUT2D eigenvalue weighted by molar-refractivity contribution is -0.137. The van der Waals surface area contributed by atoms with Gasteiger partial charge in [-0.1, -0.05) is 6.92 Å². The van der Waals surface area contributed by atoms with Gasteiger partial charge in [-0.2, -0.15) is 18.4 Å². The van der Waals surface area contributed by atoms with Crippen molar-refractivity contribution >= 4 is 44.4 Å². The molecule has 1 amide bonds. The van der Waals surface area contributed by atoms with E-state index in [9.17, 15) is 30.8 Å². The average Bonchev–Trinajstić information content (AvgIpc) is 2.94. The number of amides is 1. The van der Waals surface area contributed by atoms with Gasteiger partial charge in [-0.15, -0.1) is 0 Å². The lowest BCUT2D eigenvalue weighted by Gasteiger charge is -2.29. The molecule has 36 heavy (non-hydrogen) atoms. The number of sulfone groups is 1. The minimum atomic E-state index is -4.85. The molecule has 13 heteroatoms. The summed E-state index contributed by atoms with van der Waals surface area (Å²) < 4.78 is 84.3. The van der Waals surface area contributed by atoms with Crippen molar-refractivity contribution in [3.8, 4) is 11.8 Å². The molecule has 1 fully saturated rings. The summed E-state index contributed by atoms with van der Waals surface area (Å²) in [6.07, 6.45) is -3.80. The van der Waals surface area contributed by atoms with Gasteiger partial charge in [0.25, 0.3) is 5.91 Å². The number of ether oxygens (including phenoxy) is 1. The summed E-state index contributed by atoms with van der Waals surface area (Å²) in [6.45, 7) is 4.50. The van der Waals surface area contributed by atoms with Crippen LogP contribution in [0.2, 0.25) is 0 Å². The third-order valence-electron chi connectivity index (χ3n) is 5.60. The van der Waals surface area contributed by atoms with E-state index < -0.39 is 49.8 Å². The fraction of sp³-hybridized carbons (Fsp3) is 0.348. The van der Waals surface area contributed by atoms with Crippen molar-refractivity contribution in [3.05, 3.63) is 53.3 Å². The number of hydrogen-bond acceptors (Lipinski definition) is 6. The molecule has 0 saturated carbocycles. The van der Waals surface area contributed by atoms with E-state index in [0.717, 1.165) is 23.3 Å². The van der Waals surface area contributed by atoms with Gasteiger partial charge in [0.2, 0.25) is 0 Å². The number of halogens is 4. The van der Waals surface area contributed by atoms with Crippen LogP contribution in [0.25, 0.3) is 0 Å². The Hall–Kier alpha value is -3.24. The Morgan fingerprint density at radius 2 is 1.78 bits per heavy atom. The number of anilines is 2. The van der Waals surface area contributed by atoms with Crippen molar-refractivity contribution in [1.29, 1.82) is 5.26 Å². The second kappa shape index (κ2) is 9.33. The Kier molecular flexibility index (Phi) is 7.09. The molecule has 3 rings (SSSR count). The fourth-order valence-electron chi connectivity index (χ4n) is 3.80. The maximum Gasteiger partial charge on any atom is 0.417 e. The molecule has 1 saturated heterocycles. The van der Waals surface area contributed by atoms with Gasteiger partial charge in [0.1, 0.15) is 5.54 Å². The van der Waals surface area contributed by atoms with Gasteiger partial charge >= 0.3 is 6.18 Å². The zero-order valence-corrected chi connectivity index (χ0v) is 21.2. The van der Waals surface area contributed by atoms with Crippen LogP contribution in [-0.4, -0.2) is 36.7 Å². The van der Waals surface area contributed by atoms with Crippen LogP contribution in [0.1, 0.15) is 38.3 Å². The second-order valence-corrected chi connectivity index (χ2v) is 11.1. The molecule has 2 aromatic rings. The Morgan fingerprint density at radius 3 is 2.28 bits per heavy atom. The highest BCUT2D eigenvalue weighted by atomic mass is 32.2. The van der Waals surface area contributed by atoms with Crippen LogP contribution in [-0.2, 0) is 20.8 Å². The van der Waals surface area contributed by atoms with Gasteiger partial charge in [-0.3, -0.25) is 9.69 Å². The van der Waals surface area contributed by atoms with Crippen molar-refractivity contribution in [2.45, 2.75) is 44.3 Å². The first-order valence-corrected chi connectivity index (χ1v) is 12.9. The Bertz CT molecular complexity index is 1380. The van der Waals surface area contributed by atoms with Crippen molar-refractivity contribution in [2.75, 3.05) is 16.1 Å². The molecule has 0 spiro atoms. The number of carbonyl (C=O) groups excluding carboxylic acids is 1. The van der Waals surface area contributed by atoms with Gasteiger partial charge < -0.3 is 9.64 Å². The zero-order valence-electron chi connectivity index (χ0n) is 19.6. The molecule has 2 aromatic carbocycles. The molecule has 0 aromatic heterocycles. The summed E-state index contributed by atoms with van der Waals surface area (Å²) in [6, 6.07) is 7.80. The molecule has 1 aliphatic heterocycles. The third kappa shape index (κ3) is 4.87. The van der Waals surface area contributed by atoms with Gasteiger partial charge in [0.05, 0.1) is 22.9 Å². The molecule has 0 N–H and O–H groups in total. The summed E-state index contributed by atoms with van der Waals surface area (Å²) >= 11 is 5.42. The average molecular weight is 544 g/mol. The predicted molar refractivity (Wildman–Crippen MR) is 129 cm³/mol. The predicted octanol–water partition coefficient (Wildman–Crippen LogP) is 4.79. The smallest absolute Gasteiger partial charge is 0.417 e. The Balaban J connectivity index is 2.03. The summed E-state index contributed by atoms with van der Waals surface area (Å²) in [4.78, 5) is 15.4. The highest BCUT2D eigenvalue weighted by Crippen LogP contribution is 2.40. The monoisotopic (exact) mass is 543 g/mol. The topological polar surface area (TPSA) is 90.7 Å². The van der Waals surface area contributed by atoms with E-state index in [0.29, 0.717) is 6.07 Å². The lowest BCUT2D eigenvalue weighted by atomic mass is 10.0. The number of nitriles is 1. The molecule has 192 valence electrons. The first-order valence-electron chi connectivity index (χ1n) is 10.5. The number of carbonyl (C=O) groups is 1. The highest BCUT2D eigenvalue weighted by Gasteiger charge is 2.51. The van der Waals surface area contributed by atoms with Gasteiger partial charge in [-0.05, 0) is 62.8 Å². The van der Waals surface area contributed by atoms with Gasteiger partial charge in [-0.25, -0.2) is 12.8 Å². The third-order valence-corrected chi connectivity index (χ3v) is 7.35. The van der Waals surface area contributed by atoms with E-state index >= 15 is 0 Å². The number of alkyl halides is 3. The van der Waals surface area contributed by atoms with E-state index in [2.05, 4.69) is 0 Å². The number of hydrogen-bond donors (Lipinski definition) is 0. The van der Waals surface area contributed by atoms with Crippen molar-refractivity contribution in [1.82, 2.24) is 0 Å². The Morgan fingerprint density at radius 1 is 1.17 bits per heavy atom. The molecule has 1 atom stereocenters. The summed E-state index contributed by atoms with van der Waals surface area (Å²) in [5.74, 6) is -1.92. The van der Waals surface area contributed by atoms with Crippen molar-refractivity contribution < 1.29 is 35.5 Å². The number of nitrogens with zero attached hydrogens (tertiary/aromatic N) is 3. The summed E-state index contributed by atoms with van der Waals surface area (Å²) in [5.41, 5.74) is -4.63. The molecule has 7 nitrogen and oxygen atoms in total. The summed E-state index contributed by atoms with van der Waals surface area (Å²) in [5, 5.41) is 8.83. The minimum absolute atomic E-state index is 0.0806. The maximum absolute atomic E-state index is 14.9. The van der Waals surface area contributed by atoms with E-state index in [1.165, 1.54) is 43.0 Å². The number of thiocarbonyl (C=S) groups is 1. The van der Waals surface area contributed by atoms with Crippen LogP contribution in [0, 0.1) is 17.1 Å². The first-order chi connectivity index (χ1) is 16.5. The van der Waals surface area contributed by atoms with E-state index in [4.69, 9.17) is 22.2 Å². The normalized spacial score (nSPS) is 16.8. The van der Waals surface area contributed by atoms with E-state index in [-0.39, 0.29) is 28.7 Å². The summed E-state index contributed by atoms with van der Waals surface area (Å²) in [7, 11) is -3.62.